The first kappa shape index (κ1) is 12.4. The zero-order chi connectivity index (χ0) is 12.3. The number of rotatable bonds is 3. The number of hydrogen-bond donors (Lipinski definition) is 3. The summed E-state index contributed by atoms with van der Waals surface area (Å²) in [7, 11) is 1.06. The molecule has 5 nitrogen and oxygen atoms in total. The molecule has 0 amide bonds. The Bertz CT molecular complexity index is 396. The summed E-state index contributed by atoms with van der Waals surface area (Å²) in [6, 6.07) is 3.74. The second-order valence-corrected chi connectivity index (χ2v) is 3.16. The topological polar surface area (TPSA) is 92.8 Å². The monoisotopic (exact) mass is 229 g/mol. The predicted octanol–water partition coefficient (Wildman–Crippen LogP) is -0.0248. The van der Waals surface area contributed by atoms with Crippen molar-refractivity contribution < 1.29 is 24.1 Å². The Morgan fingerprint density at radius 3 is 2.69 bits per heavy atom. The summed E-state index contributed by atoms with van der Waals surface area (Å²) in [5.74, 6) is -1.75. The summed E-state index contributed by atoms with van der Waals surface area (Å²) in [5, 5.41) is 19.0. The van der Waals surface area contributed by atoms with Gasteiger partial charge in [-0.25, -0.2) is 9.18 Å². The van der Waals surface area contributed by atoms with E-state index in [1.807, 2.05) is 0 Å². The van der Waals surface area contributed by atoms with Crippen molar-refractivity contribution in [3.8, 4) is 0 Å². The third kappa shape index (κ3) is 2.29. The molecule has 0 heterocycles. The fraction of sp³-hybridized carbons (Fsp3) is 0.300. The van der Waals surface area contributed by atoms with Gasteiger partial charge in [0, 0.05) is 5.56 Å². The van der Waals surface area contributed by atoms with Crippen molar-refractivity contribution in [2.24, 2.45) is 0 Å². The lowest BCUT2D eigenvalue weighted by Crippen LogP contribution is -2.29. The van der Waals surface area contributed by atoms with Gasteiger partial charge in [-0.05, 0) is 6.07 Å². The van der Waals surface area contributed by atoms with Crippen LogP contribution in [0.25, 0.3) is 0 Å². The van der Waals surface area contributed by atoms with Crippen LogP contribution < -0.4 is 5.73 Å². The molecule has 88 valence electrons. The number of hydrogen-bond acceptors (Lipinski definition) is 5. The van der Waals surface area contributed by atoms with E-state index < -0.39 is 24.0 Å². The smallest absolute Gasteiger partial charge is 0.337 e. The number of carbonyl (C=O) groups is 1. The molecule has 1 aromatic rings. The summed E-state index contributed by atoms with van der Waals surface area (Å²) in [4.78, 5) is 11.0. The van der Waals surface area contributed by atoms with Crippen LogP contribution in [0.5, 0.6) is 0 Å². The highest BCUT2D eigenvalue weighted by atomic mass is 19.1. The minimum Gasteiger partial charge on any atom is -0.467 e. The molecule has 0 bridgehead atoms. The van der Waals surface area contributed by atoms with Crippen molar-refractivity contribution >= 4 is 11.7 Å². The van der Waals surface area contributed by atoms with Crippen LogP contribution in [-0.4, -0.2) is 29.4 Å². The van der Waals surface area contributed by atoms with Crippen LogP contribution in [-0.2, 0) is 9.53 Å². The molecular formula is C10H12FNO4. The summed E-state index contributed by atoms with van der Waals surface area (Å²) in [6.45, 7) is 0. The van der Waals surface area contributed by atoms with Crippen LogP contribution in [0.4, 0.5) is 10.1 Å². The normalized spacial score (nSPS) is 14.2. The standard InChI is InChI=1S/C10H12FNO4/c1-16-10(15)9(14)8(13)5-3-2-4-6(11)7(5)12/h2-4,8-9,13-14H,12H2,1H3. The second kappa shape index (κ2) is 4.91. The number of carbonyl (C=O) groups excluding carboxylic acids is 1. The summed E-state index contributed by atoms with van der Waals surface area (Å²) in [6.07, 6.45) is -3.42. The molecule has 2 unspecified atom stereocenters. The molecule has 0 aliphatic carbocycles. The molecule has 16 heavy (non-hydrogen) atoms. The van der Waals surface area contributed by atoms with Crippen LogP contribution in [0.15, 0.2) is 18.2 Å². The van der Waals surface area contributed by atoms with Crippen LogP contribution >= 0.6 is 0 Å². The zero-order valence-corrected chi connectivity index (χ0v) is 8.55. The Morgan fingerprint density at radius 1 is 1.50 bits per heavy atom. The maximum absolute atomic E-state index is 13.1. The van der Waals surface area contributed by atoms with Crippen LogP contribution in [0.3, 0.4) is 0 Å². The number of methoxy groups -OCH3 is 1. The van der Waals surface area contributed by atoms with E-state index in [1.54, 1.807) is 0 Å². The average Bonchev–Trinajstić information content (AvgIpc) is 2.29. The van der Waals surface area contributed by atoms with Gasteiger partial charge >= 0.3 is 5.97 Å². The molecule has 0 fully saturated rings. The van der Waals surface area contributed by atoms with Gasteiger partial charge in [0.2, 0.25) is 0 Å². The van der Waals surface area contributed by atoms with Crippen molar-refractivity contribution in [2.75, 3.05) is 12.8 Å². The third-order valence-electron chi connectivity index (χ3n) is 2.15. The number of anilines is 1. The molecule has 4 N–H and O–H groups in total. The number of ether oxygens (including phenoxy) is 1. The Kier molecular flexibility index (Phi) is 3.81. The lowest BCUT2D eigenvalue weighted by atomic mass is 10.0. The molecule has 0 saturated heterocycles. The van der Waals surface area contributed by atoms with Gasteiger partial charge in [0.15, 0.2) is 6.10 Å². The zero-order valence-electron chi connectivity index (χ0n) is 8.55. The van der Waals surface area contributed by atoms with Gasteiger partial charge in [-0.3, -0.25) is 0 Å². The first-order valence-electron chi connectivity index (χ1n) is 4.47. The van der Waals surface area contributed by atoms with E-state index in [0.717, 1.165) is 13.2 Å². The third-order valence-corrected chi connectivity index (χ3v) is 2.15. The number of nitrogen functional groups attached to an aromatic ring is 1. The van der Waals surface area contributed by atoms with Crippen molar-refractivity contribution in [3.63, 3.8) is 0 Å². The predicted molar refractivity (Wildman–Crippen MR) is 53.8 cm³/mol. The molecular weight excluding hydrogens is 217 g/mol. The molecule has 1 rings (SSSR count). The minimum atomic E-state index is -1.80. The molecule has 2 atom stereocenters. The van der Waals surface area contributed by atoms with Gasteiger partial charge in [-0.2, -0.15) is 0 Å². The van der Waals surface area contributed by atoms with Gasteiger partial charge in [0.1, 0.15) is 11.9 Å². The van der Waals surface area contributed by atoms with E-state index in [2.05, 4.69) is 4.74 Å². The van der Waals surface area contributed by atoms with Crippen LogP contribution in [0.2, 0.25) is 0 Å². The fourth-order valence-electron chi connectivity index (χ4n) is 1.23. The lowest BCUT2D eigenvalue weighted by Gasteiger charge is -2.17. The number of aliphatic hydroxyl groups excluding tert-OH is 2. The van der Waals surface area contributed by atoms with E-state index in [9.17, 15) is 19.4 Å². The van der Waals surface area contributed by atoms with Gasteiger partial charge in [0.25, 0.3) is 0 Å². The highest BCUT2D eigenvalue weighted by molar-refractivity contribution is 5.75. The molecule has 0 aliphatic rings. The van der Waals surface area contributed by atoms with E-state index in [-0.39, 0.29) is 11.3 Å². The van der Waals surface area contributed by atoms with Gasteiger partial charge in [-0.1, -0.05) is 12.1 Å². The van der Waals surface area contributed by atoms with E-state index in [4.69, 9.17) is 5.73 Å². The maximum atomic E-state index is 13.1. The number of para-hydroxylation sites is 1. The van der Waals surface area contributed by atoms with E-state index in [1.165, 1.54) is 12.1 Å². The van der Waals surface area contributed by atoms with Crippen molar-refractivity contribution in [1.82, 2.24) is 0 Å². The molecule has 0 aromatic heterocycles. The fourth-order valence-corrected chi connectivity index (χ4v) is 1.23. The Hall–Kier alpha value is -1.66. The van der Waals surface area contributed by atoms with Crippen LogP contribution in [0, 0.1) is 5.82 Å². The molecule has 0 saturated carbocycles. The highest BCUT2D eigenvalue weighted by Gasteiger charge is 2.28. The molecule has 6 heteroatoms. The number of esters is 1. The van der Waals surface area contributed by atoms with Gasteiger partial charge in [-0.15, -0.1) is 0 Å². The van der Waals surface area contributed by atoms with Crippen molar-refractivity contribution in [2.45, 2.75) is 12.2 Å². The molecule has 0 spiro atoms. The summed E-state index contributed by atoms with van der Waals surface area (Å²) in [5.41, 5.74) is 5.00. The van der Waals surface area contributed by atoms with Crippen molar-refractivity contribution in [3.05, 3.63) is 29.6 Å². The summed E-state index contributed by atoms with van der Waals surface area (Å²) < 4.78 is 17.3. The highest BCUT2D eigenvalue weighted by Crippen LogP contribution is 2.25. The second-order valence-electron chi connectivity index (χ2n) is 3.16. The molecule has 1 aromatic carbocycles. The molecule has 0 radical (unpaired) electrons. The quantitative estimate of drug-likeness (QED) is 0.500. The Labute approximate surface area is 91.3 Å². The minimum absolute atomic E-state index is 0.0575. The number of benzene rings is 1. The van der Waals surface area contributed by atoms with Gasteiger partial charge < -0.3 is 20.7 Å². The largest absolute Gasteiger partial charge is 0.467 e. The molecule has 0 aliphatic heterocycles. The Balaban J connectivity index is 3.00. The van der Waals surface area contributed by atoms with E-state index in [0.29, 0.717) is 0 Å². The lowest BCUT2D eigenvalue weighted by molar-refractivity contribution is -0.156. The number of halogens is 1. The Morgan fingerprint density at radius 2 is 2.12 bits per heavy atom. The van der Waals surface area contributed by atoms with Gasteiger partial charge in [0.05, 0.1) is 12.8 Å². The maximum Gasteiger partial charge on any atom is 0.337 e. The SMILES string of the molecule is COC(=O)C(O)C(O)c1cccc(F)c1N. The average molecular weight is 229 g/mol. The first-order valence-corrected chi connectivity index (χ1v) is 4.47. The first-order chi connectivity index (χ1) is 7.49. The number of aliphatic hydroxyl groups is 2. The van der Waals surface area contributed by atoms with E-state index >= 15 is 0 Å². The van der Waals surface area contributed by atoms with Crippen molar-refractivity contribution in [1.29, 1.82) is 0 Å². The summed E-state index contributed by atoms with van der Waals surface area (Å²) >= 11 is 0. The van der Waals surface area contributed by atoms with Crippen LogP contribution in [0.1, 0.15) is 11.7 Å². The number of nitrogens with two attached hydrogens (primary N) is 1.